The number of rotatable bonds is 8. The number of carboxylic acid groups (broad SMARTS) is 1. The first-order chi connectivity index (χ1) is 14.1. The number of nitrogens with zero attached hydrogens (tertiary/aromatic N) is 3. The van der Waals surface area contributed by atoms with Gasteiger partial charge in [-0.15, -0.1) is 0 Å². The molecule has 0 radical (unpaired) electrons. The van der Waals surface area contributed by atoms with Gasteiger partial charge in [-0.2, -0.15) is 0 Å². The average molecular weight is 393 g/mol. The Morgan fingerprint density at radius 2 is 2.17 bits per heavy atom. The molecule has 7 heteroatoms. The van der Waals surface area contributed by atoms with Crippen molar-refractivity contribution in [3.05, 3.63) is 59.7 Å². The lowest BCUT2D eigenvalue weighted by Gasteiger charge is -2.34. The fourth-order valence-electron chi connectivity index (χ4n) is 4.20. The van der Waals surface area contributed by atoms with Gasteiger partial charge in [0.1, 0.15) is 11.9 Å². The fourth-order valence-corrected chi connectivity index (χ4v) is 4.20. The molecule has 0 saturated carbocycles. The van der Waals surface area contributed by atoms with Crippen molar-refractivity contribution in [1.82, 2.24) is 19.9 Å². The third-order valence-corrected chi connectivity index (χ3v) is 5.68. The van der Waals surface area contributed by atoms with Crippen molar-refractivity contribution in [2.45, 2.75) is 50.7 Å². The number of nitrogens with two attached hydrogens (primary N) is 1. The van der Waals surface area contributed by atoms with Gasteiger partial charge in [-0.25, -0.2) is 4.98 Å². The molecule has 1 aliphatic carbocycles. The summed E-state index contributed by atoms with van der Waals surface area (Å²) in [4.78, 5) is 26.3. The summed E-state index contributed by atoms with van der Waals surface area (Å²) in [5.74, 6) is -0.0321. The van der Waals surface area contributed by atoms with Gasteiger partial charge in [-0.3, -0.25) is 14.7 Å². The lowest BCUT2D eigenvalue weighted by molar-refractivity contribution is -0.138. The maximum absolute atomic E-state index is 11.1. The zero-order chi connectivity index (χ0) is 20.2. The number of aryl methyl sites for hydroxylation is 1. The van der Waals surface area contributed by atoms with E-state index in [1.165, 1.54) is 5.56 Å². The fraction of sp³-hybridized carbons (Fsp3) is 0.409. The molecule has 1 aliphatic rings. The Bertz CT molecular complexity index is 953. The second kappa shape index (κ2) is 8.71. The Kier molecular flexibility index (Phi) is 5.87. The second-order valence-corrected chi connectivity index (χ2v) is 7.71. The summed E-state index contributed by atoms with van der Waals surface area (Å²) in [7, 11) is 0. The second-order valence-electron chi connectivity index (χ2n) is 7.71. The molecule has 0 saturated heterocycles. The van der Waals surface area contributed by atoms with Gasteiger partial charge in [0.05, 0.1) is 29.3 Å². The average Bonchev–Trinajstić information content (AvgIpc) is 3.15. The highest BCUT2D eigenvalue weighted by atomic mass is 16.4. The van der Waals surface area contributed by atoms with E-state index in [2.05, 4.69) is 20.9 Å². The van der Waals surface area contributed by atoms with Crippen LogP contribution in [0.3, 0.4) is 0 Å². The van der Waals surface area contributed by atoms with E-state index in [9.17, 15) is 4.79 Å². The van der Waals surface area contributed by atoms with Gasteiger partial charge in [0, 0.05) is 6.20 Å². The van der Waals surface area contributed by atoms with Crippen LogP contribution in [0.4, 0.5) is 0 Å². The number of carbonyl (C=O) groups is 1. The summed E-state index contributed by atoms with van der Waals surface area (Å²) in [6.45, 7) is 1.41. The first-order valence-electron chi connectivity index (χ1n) is 10.2. The number of imidazole rings is 1. The largest absolute Gasteiger partial charge is 0.480 e. The quantitative estimate of drug-likeness (QED) is 0.543. The number of aliphatic carboxylic acids is 1. The molecule has 0 fully saturated rings. The van der Waals surface area contributed by atoms with E-state index in [-0.39, 0.29) is 6.04 Å². The SMILES string of the molecule is N[C@@H](CCCN(Cc1nc2ccccc2[nH]1)C1CCCc2cccnc21)C(=O)O. The molecule has 29 heavy (non-hydrogen) atoms. The lowest BCUT2D eigenvalue weighted by atomic mass is 9.90. The van der Waals surface area contributed by atoms with Crippen LogP contribution >= 0.6 is 0 Å². The van der Waals surface area contributed by atoms with Crippen LogP contribution in [-0.4, -0.2) is 43.5 Å². The van der Waals surface area contributed by atoms with E-state index in [4.69, 9.17) is 15.8 Å². The molecule has 4 N–H and O–H groups in total. The third kappa shape index (κ3) is 4.46. The van der Waals surface area contributed by atoms with Crippen molar-refractivity contribution in [3.63, 3.8) is 0 Å². The predicted molar refractivity (Wildman–Crippen MR) is 111 cm³/mol. The van der Waals surface area contributed by atoms with Gasteiger partial charge in [0.15, 0.2) is 0 Å². The van der Waals surface area contributed by atoms with Crippen molar-refractivity contribution in [2.24, 2.45) is 5.73 Å². The topological polar surface area (TPSA) is 108 Å². The first kappa shape index (κ1) is 19.5. The molecule has 0 bridgehead atoms. The van der Waals surface area contributed by atoms with Crippen molar-refractivity contribution in [3.8, 4) is 0 Å². The van der Waals surface area contributed by atoms with Crippen LogP contribution in [0.1, 0.15) is 48.8 Å². The summed E-state index contributed by atoms with van der Waals surface area (Å²) in [5.41, 5.74) is 10.1. The highest BCUT2D eigenvalue weighted by molar-refractivity contribution is 5.74. The Balaban J connectivity index is 1.56. The zero-order valence-corrected chi connectivity index (χ0v) is 16.4. The molecular weight excluding hydrogens is 366 g/mol. The number of hydrogen-bond acceptors (Lipinski definition) is 5. The minimum atomic E-state index is -0.946. The molecule has 1 aromatic carbocycles. The number of aromatic amines is 1. The highest BCUT2D eigenvalue weighted by Crippen LogP contribution is 2.33. The summed E-state index contributed by atoms with van der Waals surface area (Å²) < 4.78 is 0. The van der Waals surface area contributed by atoms with Crippen LogP contribution < -0.4 is 5.73 Å². The van der Waals surface area contributed by atoms with Crippen molar-refractivity contribution >= 4 is 17.0 Å². The van der Waals surface area contributed by atoms with Gasteiger partial charge in [-0.1, -0.05) is 18.2 Å². The number of hydrogen-bond donors (Lipinski definition) is 3. The highest BCUT2D eigenvalue weighted by Gasteiger charge is 2.28. The monoisotopic (exact) mass is 393 g/mol. The molecule has 0 spiro atoms. The minimum absolute atomic E-state index is 0.203. The normalized spacial score (nSPS) is 17.4. The minimum Gasteiger partial charge on any atom is -0.480 e. The Hall–Kier alpha value is -2.77. The molecule has 7 nitrogen and oxygen atoms in total. The van der Waals surface area contributed by atoms with E-state index in [0.29, 0.717) is 19.4 Å². The molecule has 4 rings (SSSR count). The molecule has 2 aromatic heterocycles. The van der Waals surface area contributed by atoms with Crippen LogP contribution in [-0.2, 0) is 17.8 Å². The van der Waals surface area contributed by atoms with E-state index in [0.717, 1.165) is 48.4 Å². The number of benzene rings is 1. The lowest BCUT2D eigenvalue weighted by Crippen LogP contribution is -2.35. The number of aromatic nitrogens is 3. The molecule has 1 unspecified atom stereocenters. The van der Waals surface area contributed by atoms with Crippen LogP contribution in [0.25, 0.3) is 11.0 Å². The van der Waals surface area contributed by atoms with Crippen LogP contribution in [0.2, 0.25) is 0 Å². The van der Waals surface area contributed by atoms with Gasteiger partial charge in [0.2, 0.25) is 0 Å². The summed E-state index contributed by atoms with van der Waals surface area (Å²) in [5, 5.41) is 9.08. The van der Waals surface area contributed by atoms with Crippen LogP contribution in [0.5, 0.6) is 0 Å². The van der Waals surface area contributed by atoms with Crippen LogP contribution in [0.15, 0.2) is 42.6 Å². The smallest absolute Gasteiger partial charge is 0.320 e. The van der Waals surface area contributed by atoms with Gasteiger partial charge in [0.25, 0.3) is 0 Å². The molecule has 0 aliphatic heterocycles. The van der Waals surface area contributed by atoms with E-state index >= 15 is 0 Å². The number of para-hydroxylation sites is 2. The molecule has 2 heterocycles. The van der Waals surface area contributed by atoms with Crippen LogP contribution in [0, 0.1) is 0 Å². The molecule has 152 valence electrons. The number of fused-ring (bicyclic) bond motifs is 2. The maximum Gasteiger partial charge on any atom is 0.320 e. The standard InChI is InChI=1S/C22H27N5O2/c23-16(22(28)29)8-5-13-27(14-20-25-17-9-1-2-10-18(17)26-20)19-11-3-6-15-7-4-12-24-21(15)19/h1-2,4,7,9-10,12,16,19H,3,5-6,8,11,13-14,23H2,(H,25,26)(H,28,29)/t16-,19?/m0/s1. The number of carboxylic acids is 1. The summed E-state index contributed by atoms with van der Waals surface area (Å²) >= 11 is 0. The zero-order valence-electron chi connectivity index (χ0n) is 16.4. The number of pyridine rings is 1. The van der Waals surface area contributed by atoms with Gasteiger partial charge in [-0.05, 0) is 62.4 Å². The number of nitrogens with one attached hydrogen (secondary N) is 1. The molecule has 2 atom stereocenters. The molecular formula is C22H27N5O2. The van der Waals surface area contributed by atoms with Gasteiger partial charge < -0.3 is 15.8 Å². The van der Waals surface area contributed by atoms with Crippen molar-refractivity contribution in [2.75, 3.05) is 6.54 Å². The third-order valence-electron chi connectivity index (χ3n) is 5.68. The maximum atomic E-state index is 11.1. The predicted octanol–water partition coefficient (Wildman–Crippen LogP) is 3.03. The van der Waals surface area contributed by atoms with E-state index < -0.39 is 12.0 Å². The van der Waals surface area contributed by atoms with Crippen molar-refractivity contribution < 1.29 is 9.90 Å². The number of H-pyrrole nitrogens is 1. The Labute approximate surface area is 170 Å². The Morgan fingerprint density at radius 1 is 1.31 bits per heavy atom. The van der Waals surface area contributed by atoms with Gasteiger partial charge >= 0.3 is 5.97 Å². The molecule has 3 aromatic rings. The Morgan fingerprint density at radius 3 is 3.00 bits per heavy atom. The summed E-state index contributed by atoms with van der Waals surface area (Å²) in [6.07, 6.45) is 6.24. The van der Waals surface area contributed by atoms with E-state index in [1.807, 2.05) is 36.5 Å². The summed E-state index contributed by atoms with van der Waals surface area (Å²) in [6, 6.07) is 11.6. The first-order valence-corrected chi connectivity index (χ1v) is 10.2. The van der Waals surface area contributed by atoms with E-state index in [1.54, 1.807) is 0 Å². The van der Waals surface area contributed by atoms with Crippen molar-refractivity contribution in [1.29, 1.82) is 0 Å². The molecule has 0 amide bonds.